The lowest BCUT2D eigenvalue weighted by atomic mass is 10.2. The number of rotatable bonds is 3. The molecule has 3 N–H and O–H groups in total. The maximum absolute atomic E-state index is 5.77. The first-order valence-electron chi connectivity index (χ1n) is 6.66. The molecule has 3 heteroatoms. The zero-order valence-corrected chi connectivity index (χ0v) is 11.6. The summed E-state index contributed by atoms with van der Waals surface area (Å²) in [5, 5.41) is 0. The molecule has 0 aliphatic carbocycles. The lowest BCUT2D eigenvalue weighted by Gasteiger charge is -2.02. The molecule has 0 saturated carbocycles. The number of aromatic nitrogens is 2. The number of imidazole rings is 1. The van der Waals surface area contributed by atoms with E-state index in [1.165, 1.54) is 5.52 Å². The van der Waals surface area contributed by atoms with Gasteiger partial charge in [-0.15, -0.1) is 0 Å². The number of benzene rings is 2. The molecule has 0 spiro atoms. The van der Waals surface area contributed by atoms with Gasteiger partial charge in [-0.2, -0.15) is 0 Å². The van der Waals surface area contributed by atoms with Crippen LogP contribution in [0.4, 0.5) is 5.69 Å². The first kappa shape index (κ1) is 12.5. The summed E-state index contributed by atoms with van der Waals surface area (Å²) in [5.41, 5.74) is 11.1. The summed E-state index contributed by atoms with van der Waals surface area (Å²) in [6.07, 6.45) is 0. The van der Waals surface area contributed by atoms with E-state index in [1.54, 1.807) is 0 Å². The number of aromatic amines is 1. The molecule has 1 heterocycles. The Morgan fingerprint density at radius 3 is 2.55 bits per heavy atom. The normalized spacial score (nSPS) is 10.8. The van der Waals surface area contributed by atoms with Gasteiger partial charge in [-0.05, 0) is 48.9 Å². The molecule has 2 aromatic carbocycles. The highest BCUT2D eigenvalue weighted by molar-refractivity contribution is 5.74. The maximum Gasteiger partial charge on any atom is 0.287 e. The van der Waals surface area contributed by atoms with Crippen LogP contribution in [0.5, 0.6) is 0 Å². The first-order chi connectivity index (χ1) is 9.65. The molecular weight excluding hydrogens is 246 g/mol. The van der Waals surface area contributed by atoms with E-state index in [9.17, 15) is 0 Å². The van der Waals surface area contributed by atoms with E-state index in [2.05, 4.69) is 34.3 Å². The Hall–Kier alpha value is -2.55. The number of nitrogen functional groups attached to an aromatic ring is 1. The highest BCUT2D eigenvalue weighted by Gasteiger charge is 2.19. The summed E-state index contributed by atoms with van der Waals surface area (Å²) < 4.78 is 2.25. The molecule has 100 valence electrons. The summed E-state index contributed by atoms with van der Waals surface area (Å²) in [4.78, 5) is 3.49. The van der Waals surface area contributed by atoms with Gasteiger partial charge < -0.3 is 5.73 Å². The van der Waals surface area contributed by atoms with Crippen LogP contribution < -0.4 is 10.3 Å². The Morgan fingerprint density at radius 1 is 1.15 bits per heavy atom. The molecule has 0 fully saturated rings. The van der Waals surface area contributed by atoms with Crippen molar-refractivity contribution in [3.05, 3.63) is 60.7 Å². The summed E-state index contributed by atoms with van der Waals surface area (Å²) in [7, 11) is 0. The van der Waals surface area contributed by atoms with E-state index in [1.807, 2.05) is 37.3 Å². The van der Waals surface area contributed by atoms with Gasteiger partial charge in [0.15, 0.2) is 11.0 Å². The fraction of sp³-hybridized carbons (Fsp3) is 0.118. The fourth-order valence-corrected chi connectivity index (χ4v) is 2.43. The van der Waals surface area contributed by atoms with E-state index in [4.69, 9.17) is 5.73 Å². The highest BCUT2D eigenvalue weighted by atomic mass is 15.1. The van der Waals surface area contributed by atoms with E-state index < -0.39 is 0 Å². The first-order valence-corrected chi connectivity index (χ1v) is 6.66. The van der Waals surface area contributed by atoms with Gasteiger partial charge in [0.05, 0.1) is 5.56 Å². The molecular formula is C17H18N3+. The lowest BCUT2D eigenvalue weighted by Crippen LogP contribution is -2.35. The van der Waals surface area contributed by atoms with Crippen LogP contribution in [0, 0.1) is 0 Å². The van der Waals surface area contributed by atoms with Crippen LogP contribution in [0.2, 0.25) is 0 Å². The van der Waals surface area contributed by atoms with Crippen molar-refractivity contribution in [3.63, 3.8) is 0 Å². The van der Waals surface area contributed by atoms with Gasteiger partial charge in [0.2, 0.25) is 0 Å². The largest absolute Gasteiger partial charge is 0.399 e. The molecule has 3 rings (SSSR count). The second kappa shape index (κ2) is 4.85. The van der Waals surface area contributed by atoms with Crippen molar-refractivity contribution in [2.75, 3.05) is 5.73 Å². The third kappa shape index (κ3) is 2.18. The number of hydrogen-bond acceptors (Lipinski definition) is 1. The predicted molar refractivity (Wildman–Crippen MR) is 83.2 cm³/mol. The predicted octanol–water partition coefficient (Wildman–Crippen LogP) is 3.28. The summed E-state index contributed by atoms with van der Waals surface area (Å²) in [6.45, 7) is 6.87. The van der Waals surface area contributed by atoms with Crippen molar-refractivity contribution in [1.29, 1.82) is 0 Å². The maximum atomic E-state index is 5.77. The summed E-state index contributed by atoms with van der Waals surface area (Å²) in [5.74, 6) is 1.08. The quantitative estimate of drug-likeness (QED) is 0.425. The van der Waals surface area contributed by atoms with Gasteiger partial charge in [0.25, 0.3) is 5.82 Å². The number of hydrogen-bond donors (Lipinski definition) is 2. The zero-order valence-electron chi connectivity index (χ0n) is 11.6. The van der Waals surface area contributed by atoms with E-state index in [0.29, 0.717) is 0 Å². The molecule has 3 aromatic rings. The smallest absolute Gasteiger partial charge is 0.287 e. The van der Waals surface area contributed by atoms with Gasteiger partial charge in [-0.3, -0.25) is 0 Å². The molecule has 0 atom stereocenters. The van der Waals surface area contributed by atoms with Crippen LogP contribution in [0.3, 0.4) is 0 Å². The standard InChI is InChI=1S/C17H17N3/c1-12(2)11-20-16-6-4-3-5-15(16)19-17(20)13-7-9-14(18)10-8-13/h3-10H,1,11H2,2H3,(H2,18,19)/p+1. The van der Waals surface area contributed by atoms with Gasteiger partial charge in [0.1, 0.15) is 6.54 Å². The van der Waals surface area contributed by atoms with Crippen LogP contribution in [0.25, 0.3) is 22.4 Å². The fourth-order valence-electron chi connectivity index (χ4n) is 2.43. The molecule has 20 heavy (non-hydrogen) atoms. The number of nitrogens with one attached hydrogen (secondary N) is 1. The van der Waals surface area contributed by atoms with Crippen molar-refractivity contribution in [1.82, 2.24) is 4.98 Å². The lowest BCUT2D eigenvalue weighted by molar-refractivity contribution is -0.651. The number of allylic oxidation sites excluding steroid dienone is 1. The van der Waals surface area contributed by atoms with Crippen LogP contribution in [0.15, 0.2) is 60.7 Å². The molecule has 0 saturated heterocycles. The molecule has 0 aliphatic rings. The molecule has 3 nitrogen and oxygen atoms in total. The van der Waals surface area contributed by atoms with Crippen molar-refractivity contribution < 1.29 is 4.57 Å². The minimum Gasteiger partial charge on any atom is -0.399 e. The van der Waals surface area contributed by atoms with Gasteiger partial charge in [-0.25, -0.2) is 9.55 Å². The van der Waals surface area contributed by atoms with Gasteiger partial charge in [0, 0.05) is 5.69 Å². The second-order valence-electron chi connectivity index (χ2n) is 5.16. The van der Waals surface area contributed by atoms with Crippen molar-refractivity contribution in [3.8, 4) is 11.4 Å². The Bertz CT molecular complexity index is 767. The van der Waals surface area contributed by atoms with E-state index in [-0.39, 0.29) is 0 Å². The van der Waals surface area contributed by atoms with Crippen molar-refractivity contribution in [2.45, 2.75) is 13.5 Å². The molecule has 0 unspecified atom stereocenters. The number of H-pyrrole nitrogens is 1. The molecule has 1 aromatic heterocycles. The van der Waals surface area contributed by atoms with Gasteiger partial charge >= 0.3 is 0 Å². The Balaban J connectivity index is 2.23. The van der Waals surface area contributed by atoms with Crippen LogP contribution in [0.1, 0.15) is 6.92 Å². The second-order valence-corrected chi connectivity index (χ2v) is 5.16. The Kier molecular flexibility index (Phi) is 3.03. The monoisotopic (exact) mass is 264 g/mol. The Morgan fingerprint density at radius 2 is 1.85 bits per heavy atom. The third-order valence-electron chi connectivity index (χ3n) is 3.33. The molecule has 0 amide bonds. The van der Waals surface area contributed by atoms with E-state index in [0.717, 1.165) is 34.7 Å². The van der Waals surface area contributed by atoms with E-state index >= 15 is 0 Å². The summed E-state index contributed by atoms with van der Waals surface area (Å²) >= 11 is 0. The Labute approximate surface area is 118 Å². The summed E-state index contributed by atoms with van der Waals surface area (Å²) in [6, 6.07) is 16.2. The highest BCUT2D eigenvalue weighted by Crippen LogP contribution is 2.20. The van der Waals surface area contributed by atoms with Crippen molar-refractivity contribution in [2.24, 2.45) is 0 Å². The average Bonchev–Trinajstić information content (AvgIpc) is 2.78. The van der Waals surface area contributed by atoms with Crippen LogP contribution in [-0.4, -0.2) is 4.98 Å². The minimum atomic E-state index is 0.774. The number of nitrogens with zero attached hydrogens (tertiary/aromatic N) is 1. The zero-order chi connectivity index (χ0) is 14.1. The minimum absolute atomic E-state index is 0.774. The van der Waals surface area contributed by atoms with Gasteiger partial charge in [-0.1, -0.05) is 18.7 Å². The number of nitrogens with two attached hydrogens (primary N) is 1. The number of anilines is 1. The van der Waals surface area contributed by atoms with Crippen molar-refractivity contribution >= 4 is 16.7 Å². The SMILES string of the molecule is C=C(C)C[n+]1c(-c2ccc(N)cc2)[nH]c2ccccc21. The van der Waals surface area contributed by atoms with Crippen LogP contribution in [-0.2, 0) is 6.54 Å². The molecule has 0 radical (unpaired) electrons. The molecule has 0 aliphatic heterocycles. The molecule has 0 bridgehead atoms. The topological polar surface area (TPSA) is 45.7 Å². The third-order valence-corrected chi connectivity index (χ3v) is 3.33. The average molecular weight is 264 g/mol. The number of para-hydroxylation sites is 2. The van der Waals surface area contributed by atoms with Crippen LogP contribution >= 0.6 is 0 Å². The number of fused-ring (bicyclic) bond motifs is 1.